The fourth-order valence-corrected chi connectivity index (χ4v) is 1.62. The molecule has 0 aromatic carbocycles. The molecule has 0 spiro atoms. The molecule has 4 nitrogen and oxygen atoms in total. The Hall–Kier alpha value is -0.840. The van der Waals surface area contributed by atoms with Crippen LogP contribution in [0.5, 0.6) is 0 Å². The lowest BCUT2D eigenvalue weighted by molar-refractivity contribution is 0.277. The van der Waals surface area contributed by atoms with Crippen molar-refractivity contribution >= 4 is 17.3 Å². The van der Waals surface area contributed by atoms with Gasteiger partial charge < -0.3 is 15.1 Å². The number of aliphatic hydroxyl groups is 2. The Morgan fingerprint density at radius 2 is 2.20 bits per heavy atom. The van der Waals surface area contributed by atoms with E-state index in [2.05, 4.69) is 4.98 Å². The molecule has 0 atom stereocenters. The minimum absolute atomic E-state index is 0.153. The van der Waals surface area contributed by atoms with Crippen molar-refractivity contribution in [1.82, 2.24) is 4.98 Å². The highest BCUT2D eigenvalue weighted by Crippen LogP contribution is 2.26. The molecule has 1 rings (SSSR count). The molecule has 0 aliphatic carbocycles. The number of aliphatic hydroxyl groups excluding tert-OH is 2. The van der Waals surface area contributed by atoms with Crippen molar-refractivity contribution in [1.29, 1.82) is 0 Å². The summed E-state index contributed by atoms with van der Waals surface area (Å²) in [5.74, 6) is 0. The standard InChI is InChI=1S/C10H15ClN2O2/c1-13(5-2-6-14)9-3-4-12-8(7-15)10(9)11/h3-4,14-15H,2,5-7H2,1H3. The number of pyridine rings is 1. The molecule has 0 saturated carbocycles. The summed E-state index contributed by atoms with van der Waals surface area (Å²) in [6.45, 7) is 0.700. The summed E-state index contributed by atoms with van der Waals surface area (Å²) >= 11 is 6.06. The molecule has 0 unspecified atom stereocenters. The summed E-state index contributed by atoms with van der Waals surface area (Å²) in [7, 11) is 1.89. The fourth-order valence-electron chi connectivity index (χ4n) is 1.31. The summed E-state index contributed by atoms with van der Waals surface area (Å²) < 4.78 is 0. The molecule has 0 fully saturated rings. The van der Waals surface area contributed by atoms with Crippen molar-refractivity contribution < 1.29 is 10.2 Å². The summed E-state index contributed by atoms with van der Waals surface area (Å²) in [6.07, 6.45) is 2.30. The first-order valence-electron chi connectivity index (χ1n) is 4.77. The SMILES string of the molecule is CN(CCCO)c1ccnc(CO)c1Cl. The van der Waals surface area contributed by atoms with Crippen molar-refractivity contribution in [2.24, 2.45) is 0 Å². The molecule has 1 heterocycles. The molecule has 0 amide bonds. The second kappa shape index (κ2) is 5.90. The van der Waals surface area contributed by atoms with Crippen LogP contribution in [0.1, 0.15) is 12.1 Å². The molecular formula is C10H15ClN2O2. The van der Waals surface area contributed by atoms with Crippen LogP contribution in [0.3, 0.4) is 0 Å². The predicted molar refractivity (Wildman–Crippen MR) is 60.1 cm³/mol. The lowest BCUT2D eigenvalue weighted by Crippen LogP contribution is -2.20. The Morgan fingerprint density at radius 3 is 2.80 bits per heavy atom. The Bertz CT molecular complexity index is 320. The number of aromatic nitrogens is 1. The molecule has 0 saturated heterocycles. The van der Waals surface area contributed by atoms with E-state index in [4.69, 9.17) is 21.8 Å². The van der Waals surface area contributed by atoms with E-state index in [9.17, 15) is 0 Å². The minimum atomic E-state index is -0.166. The van der Waals surface area contributed by atoms with Gasteiger partial charge in [-0.15, -0.1) is 0 Å². The van der Waals surface area contributed by atoms with Crippen LogP contribution in [0.25, 0.3) is 0 Å². The minimum Gasteiger partial charge on any atom is -0.396 e. The van der Waals surface area contributed by atoms with Crippen LogP contribution in [0.15, 0.2) is 12.3 Å². The van der Waals surface area contributed by atoms with Crippen LogP contribution in [0, 0.1) is 0 Å². The van der Waals surface area contributed by atoms with Gasteiger partial charge in [-0.05, 0) is 12.5 Å². The first-order valence-corrected chi connectivity index (χ1v) is 5.14. The summed E-state index contributed by atoms with van der Waals surface area (Å²) in [5.41, 5.74) is 1.30. The van der Waals surface area contributed by atoms with E-state index in [-0.39, 0.29) is 13.2 Å². The van der Waals surface area contributed by atoms with Crippen LogP contribution < -0.4 is 4.90 Å². The van der Waals surface area contributed by atoms with Crippen molar-refractivity contribution in [3.8, 4) is 0 Å². The van der Waals surface area contributed by atoms with E-state index in [0.717, 1.165) is 5.69 Å². The zero-order valence-electron chi connectivity index (χ0n) is 8.65. The van der Waals surface area contributed by atoms with E-state index >= 15 is 0 Å². The van der Waals surface area contributed by atoms with Crippen LogP contribution >= 0.6 is 11.6 Å². The third kappa shape index (κ3) is 3.06. The molecule has 0 radical (unpaired) electrons. The molecule has 1 aromatic heterocycles. The van der Waals surface area contributed by atoms with Crippen molar-refractivity contribution in [3.63, 3.8) is 0 Å². The molecule has 2 N–H and O–H groups in total. The molecule has 1 aromatic rings. The Morgan fingerprint density at radius 1 is 1.47 bits per heavy atom. The summed E-state index contributed by atoms with van der Waals surface area (Å²) in [5, 5.41) is 18.2. The lowest BCUT2D eigenvalue weighted by Gasteiger charge is -2.20. The van der Waals surface area contributed by atoms with Crippen molar-refractivity contribution in [2.75, 3.05) is 25.1 Å². The van der Waals surface area contributed by atoms with Crippen molar-refractivity contribution in [3.05, 3.63) is 23.0 Å². The smallest absolute Gasteiger partial charge is 0.0878 e. The first-order chi connectivity index (χ1) is 7.20. The topological polar surface area (TPSA) is 56.6 Å². The van der Waals surface area contributed by atoms with E-state index in [1.807, 2.05) is 11.9 Å². The van der Waals surface area contributed by atoms with Gasteiger partial charge in [0.2, 0.25) is 0 Å². The molecule has 0 bridgehead atoms. The first kappa shape index (κ1) is 12.2. The molecule has 84 valence electrons. The molecule has 0 aliphatic rings. The number of anilines is 1. The Labute approximate surface area is 94.1 Å². The highest BCUT2D eigenvalue weighted by atomic mass is 35.5. The zero-order chi connectivity index (χ0) is 11.3. The maximum absolute atomic E-state index is 9.00. The lowest BCUT2D eigenvalue weighted by atomic mass is 10.3. The summed E-state index contributed by atoms with van der Waals surface area (Å²) in [6, 6.07) is 1.79. The van der Waals surface area contributed by atoms with E-state index in [0.29, 0.717) is 23.7 Å². The number of nitrogens with zero attached hydrogens (tertiary/aromatic N) is 2. The monoisotopic (exact) mass is 230 g/mol. The Kier molecular flexibility index (Phi) is 4.81. The van der Waals surface area contributed by atoms with Gasteiger partial charge in [0.1, 0.15) is 0 Å². The van der Waals surface area contributed by atoms with E-state index in [1.54, 1.807) is 12.3 Å². The van der Waals surface area contributed by atoms with Gasteiger partial charge in [0.25, 0.3) is 0 Å². The quantitative estimate of drug-likeness (QED) is 0.794. The van der Waals surface area contributed by atoms with Gasteiger partial charge in [0, 0.05) is 26.4 Å². The van der Waals surface area contributed by atoms with Gasteiger partial charge in [0.15, 0.2) is 0 Å². The highest BCUT2D eigenvalue weighted by Gasteiger charge is 2.09. The molecule has 0 aliphatic heterocycles. The normalized spacial score (nSPS) is 10.4. The maximum atomic E-state index is 9.00. The Balaban J connectivity index is 2.83. The largest absolute Gasteiger partial charge is 0.396 e. The van der Waals surface area contributed by atoms with Crippen LogP contribution in [0.4, 0.5) is 5.69 Å². The summed E-state index contributed by atoms with van der Waals surface area (Å²) in [4.78, 5) is 5.89. The van der Waals surface area contributed by atoms with Crippen LogP contribution in [0.2, 0.25) is 5.02 Å². The van der Waals surface area contributed by atoms with Crippen molar-refractivity contribution in [2.45, 2.75) is 13.0 Å². The molecular weight excluding hydrogens is 216 g/mol. The molecule has 5 heteroatoms. The third-order valence-corrected chi connectivity index (χ3v) is 2.57. The fraction of sp³-hybridized carbons (Fsp3) is 0.500. The second-order valence-corrected chi connectivity index (χ2v) is 3.63. The van der Waals surface area contributed by atoms with Gasteiger partial charge in [-0.3, -0.25) is 4.98 Å². The van der Waals surface area contributed by atoms with Crippen LogP contribution in [-0.2, 0) is 6.61 Å². The third-order valence-electron chi connectivity index (χ3n) is 2.15. The number of hydrogen-bond acceptors (Lipinski definition) is 4. The van der Waals surface area contributed by atoms with Gasteiger partial charge >= 0.3 is 0 Å². The zero-order valence-corrected chi connectivity index (χ0v) is 9.41. The van der Waals surface area contributed by atoms with E-state index in [1.165, 1.54) is 0 Å². The molecule has 15 heavy (non-hydrogen) atoms. The highest BCUT2D eigenvalue weighted by molar-refractivity contribution is 6.33. The second-order valence-electron chi connectivity index (χ2n) is 3.25. The van der Waals surface area contributed by atoms with Crippen LogP contribution in [-0.4, -0.2) is 35.4 Å². The average molecular weight is 231 g/mol. The number of rotatable bonds is 5. The van der Waals surface area contributed by atoms with Gasteiger partial charge in [-0.1, -0.05) is 11.6 Å². The maximum Gasteiger partial charge on any atom is 0.0878 e. The number of halogens is 1. The number of hydrogen-bond donors (Lipinski definition) is 2. The van der Waals surface area contributed by atoms with Gasteiger partial charge in [0.05, 0.1) is 23.0 Å². The van der Waals surface area contributed by atoms with E-state index < -0.39 is 0 Å². The van der Waals surface area contributed by atoms with Gasteiger partial charge in [-0.2, -0.15) is 0 Å². The van der Waals surface area contributed by atoms with Gasteiger partial charge in [-0.25, -0.2) is 0 Å². The average Bonchev–Trinajstić information content (AvgIpc) is 2.26. The predicted octanol–water partition coefficient (Wildman–Crippen LogP) is 1.05.